The predicted octanol–water partition coefficient (Wildman–Crippen LogP) is 3.54. The first-order chi connectivity index (χ1) is 12.4. The maximum atomic E-state index is 12.1. The molecular weight excluding hydrogens is 330 g/mol. The molecule has 2 aromatic rings. The van der Waals surface area contributed by atoms with E-state index in [1.807, 2.05) is 68.4 Å². The molecule has 0 aliphatic carbocycles. The number of benzene rings is 2. The fraction of sp³-hybridized carbons (Fsp3) is 0.381. The molecule has 2 atom stereocenters. The van der Waals surface area contributed by atoms with Crippen LogP contribution in [0.5, 0.6) is 0 Å². The van der Waals surface area contributed by atoms with E-state index in [-0.39, 0.29) is 12.5 Å². The number of aliphatic hydroxyl groups is 1. The van der Waals surface area contributed by atoms with Crippen molar-refractivity contribution in [3.8, 4) is 11.1 Å². The van der Waals surface area contributed by atoms with E-state index < -0.39 is 17.6 Å². The first-order valence-corrected chi connectivity index (χ1v) is 8.77. The van der Waals surface area contributed by atoms with Crippen LogP contribution in [0.3, 0.4) is 0 Å². The van der Waals surface area contributed by atoms with E-state index in [1.54, 1.807) is 5.48 Å². The Hall–Kier alpha value is -2.21. The van der Waals surface area contributed by atoms with Crippen molar-refractivity contribution >= 4 is 5.91 Å². The highest BCUT2D eigenvalue weighted by molar-refractivity contribution is 5.84. The lowest BCUT2D eigenvalue weighted by Crippen LogP contribution is -2.54. The first kappa shape index (κ1) is 20.1. The highest BCUT2D eigenvalue weighted by Crippen LogP contribution is 2.25. The highest BCUT2D eigenvalue weighted by Gasteiger charge is 2.42. The fourth-order valence-corrected chi connectivity index (χ4v) is 2.75. The van der Waals surface area contributed by atoms with Crippen molar-refractivity contribution in [2.75, 3.05) is 0 Å². The van der Waals surface area contributed by atoms with Crippen molar-refractivity contribution in [2.24, 2.45) is 5.92 Å². The van der Waals surface area contributed by atoms with Gasteiger partial charge in [0.15, 0.2) is 5.60 Å². The van der Waals surface area contributed by atoms with Crippen molar-refractivity contribution in [3.05, 3.63) is 60.2 Å². The summed E-state index contributed by atoms with van der Waals surface area (Å²) < 4.78 is 5.75. The van der Waals surface area contributed by atoms with Gasteiger partial charge in [-0.15, -0.1) is 0 Å². The van der Waals surface area contributed by atoms with Gasteiger partial charge in [-0.3, -0.25) is 10.0 Å². The zero-order chi connectivity index (χ0) is 19.2. The second-order valence-corrected chi connectivity index (χ2v) is 7.04. The van der Waals surface area contributed by atoms with Crippen molar-refractivity contribution in [1.29, 1.82) is 0 Å². The molecule has 0 saturated heterocycles. The number of aliphatic hydroxyl groups excluding tert-OH is 1. The van der Waals surface area contributed by atoms with Crippen LogP contribution >= 0.6 is 0 Å². The molecule has 5 nitrogen and oxygen atoms in total. The molecule has 0 aliphatic rings. The largest absolute Gasteiger partial charge is 0.390 e. The predicted molar refractivity (Wildman–Crippen MR) is 100 cm³/mol. The van der Waals surface area contributed by atoms with Gasteiger partial charge in [0.2, 0.25) is 0 Å². The quantitative estimate of drug-likeness (QED) is 0.499. The van der Waals surface area contributed by atoms with Gasteiger partial charge in [0.25, 0.3) is 5.91 Å². The van der Waals surface area contributed by atoms with Gasteiger partial charge in [-0.2, -0.15) is 0 Å². The summed E-state index contributed by atoms with van der Waals surface area (Å²) in [5, 5.41) is 19.4. The second kappa shape index (κ2) is 8.94. The smallest absolute Gasteiger partial charge is 0.277 e. The summed E-state index contributed by atoms with van der Waals surface area (Å²) in [5.41, 5.74) is 3.16. The van der Waals surface area contributed by atoms with E-state index in [1.165, 1.54) is 6.92 Å². The van der Waals surface area contributed by atoms with Crippen molar-refractivity contribution in [2.45, 2.75) is 45.5 Å². The standard InChI is InChI=1S/C21H27NO4/c1-15(2)13-19(23)21(3,20(24)22-25)26-14-16-9-11-18(12-10-16)17-7-5-4-6-8-17/h4-12,15,19,23,25H,13-14H2,1-3H3,(H,22,24)/t19-,21-/m0/s1. The summed E-state index contributed by atoms with van der Waals surface area (Å²) in [6.45, 7) is 5.53. The molecule has 0 radical (unpaired) electrons. The summed E-state index contributed by atoms with van der Waals surface area (Å²) in [6, 6.07) is 17.9. The Bertz CT molecular complexity index is 700. The van der Waals surface area contributed by atoms with E-state index in [0.717, 1.165) is 16.7 Å². The Morgan fingerprint density at radius 1 is 1.08 bits per heavy atom. The lowest BCUT2D eigenvalue weighted by Gasteiger charge is -2.33. The molecule has 2 aromatic carbocycles. The van der Waals surface area contributed by atoms with Crippen LogP contribution < -0.4 is 5.48 Å². The maximum Gasteiger partial charge on any atom is 0.277 e. The Morgan fingerprint density at radius 2 is 1.65 bits per heavy atom. The SMILES string of the molecule is CC(C)C[C@H](O)[C@](C)(OCc1ccc(-c2ccccc2)cc1)C(=O)NO. The van der Waals surface area contributed by atoms with Gasteiger partial charge in [0.05, 0.1) is 12.7 Å². The molecule has 1 amide bonds. The molecule has 0 aromatic heterocycles. The average Bonchev–Trinajstić information content (AvgIpc) is 2.66. The van der Waals surface area contributed by atoms with Crippen LogP contribution in [0, 0.1) is 5.92 Å². The number of hydrogen-bond donors (Lipinski definition) is 3. The molecule has 0 aliphatic heterocycles. The molecule has 0 unspecified atom stereocenters. The normalized spacial score (nSPS) is 14.7. The van der Waals surface area contributed by atoms with Gasteiger partial charge in [0, 0.05) is 0 Å². The van der Waals surface area contributed by atoms with Crippen LogP contribution in [0.15, 0.2) is 54.6 Å². The van der Waals surface area contributed by atoms with Gasteiger partial charge < -0.3 is 9.84 Å². The number of nitrogens with one attached hydrogen (secondary N) is 1. The minimum Gasteiger partial charge on any atom is -0.390 e. The van der Waals surface area contributed by atoms with E-state index in [4.69, 9.17) is 9.94 Å². The molecule has 0 heterocycles. The van der Waals surface area contributed by atoms with Gasteiger partial charge in [-0.05, 0) is 36.0 Å². The second-order valence-electron chi connectivity index (χ2n) is 7.04. The summed E-state index contributed by atoms with van der Waals surface area (Å²) in [6.07, 6.45) is -0.644. The summed E-state index contributed by atoms with van der Waals surface area (Å²) in [4.78, 5) is 12.1. The Morgan fingerprint density at radius 3 is 2.19 bits per heavy atom. The monoisotopic (exact) mass is 357 g/mol. The zero-order valence-electron chi connectivity index (χ0n) is 15.5. The lowest BCUT2D eigenvalue weighted by molar-refractivity contribution is -0.174. The van der Waals surface area contributed by atoms with Crippen LogP contribution in [0.1, 0.15) is 32.8 Å². The number of ether oxygens (including phenoxy) is 1. The number of hydrogen-bond acceptors (Lipinski definition) is 4. The Kier molecular flexibility index (Phi) is 6.91. The molecule has 0 spiro atoms. The number of carbonyl (C=O) groups excluding carboxylic acids is 1. The van der Waals surface area contributed by atoms with Crippen LogP contribution in [-0.2, 0) is 16.1 Å². The maximum absolute atomic E-state index is 12.1. The number of amides is 1. The van der Waals surface area contributed by atoms with Crippen LogP contribution in [0.2, 0.25) is 0 Å². The van der Waals surface area contributed by atoms with E-state index in [9.17, 15) is 9.90 Å². The third-order valence-corrected chi connectivity index (χ3v) is 4.48. The summed E-state index contributed by atoms with van der Waals surface area (Å²) in [7, 11) is 0. The third kappa shape index (κ3) is 4.91. The lowest BCUT2D eigenvalue weighted by atomic mass is 9.91. The molecule has 0 saturated carbocycles. The topological polar surface area (TPSA) is 78.8 Å². The molecular formula is C21H27NO4. The van der Waals surface area contributed by atoms with Crippen molar-refractivity contribution < 1.29 is 19.8 Å². The molecule has 0 fully saturated rings. The number of rotatable bonds is 8. The Labute approximate surface area is 154 Å². The average molecular weight is 357 g/mol. The van der Waals surface area contributed by atoms with E-state index in [0.29, 0.717) is 6.42 Å². The van der Waals surface area contributed by atoms with E-state index in [2.05, 4.69) is 0 Å². The van der Waals surface area contributed by atoms with Crippen LogP contribution in [0.4, 0.5) is 0 Å². The third-order valence-electron chi connectivity index (χ3n) is 4.48. The number of carbonyl (C=O) groups is 1. The van der Waals surface area contributed by atoms with Crippen molar-refractivity contribution in [1.82, 2.24) is 5.48 Å². The molecule has 5 heteroatoms. The molecule has 3 N–H and O–H groups in total. The molecule has 2 rings (SSSR count). The zero-order valence-corrected chi connectivity index (χ0v) is 15.5. The highest BCUT2D eigenvalue weighted by atomic mass is 16.5. The minimum atomic E-state index is -1.53. The first-order valence-electron chi connectivity index (χ1n) is 8.77. The van der Waals surface area contributed by atoms with Gasteiger partial charge in [-0.1, -0.05) is 68.4 Å². The van der Waals surface area contributed by atoms with Gasteiger partial charge >= 0.3 is 0 Å². The van der Waals surface area contributed by atoms with Gasteiger partial charge in [0.1, 0.15) is 0 Å². The Balaban J connectivity index is 2.09. The molecule has 0 bridgehead atoms. The van der Waals surface area contributed by atoms with E-state index >= 15 is 0 Å². The summed E-state index contributed by atoms with van der Waals surface area (Å²) >= 11 is 0. The van der Waals surface area contributed by atoms with Crippen molar-refractivity contribution in [3.63, 3.8) is 0 Å². The van der Waals surface area contributed by atoms with Gasteiger partial charge in [-0.25, -0.2) is 5.48 Å². The number of hydroxylamine groups is 1. The molecule has 26 heavy (non-hydrogen) atoms. The summed E-state index contributed by atoms with van der Waals surface area (Å²) in [5.74, 6) is -0.573. The van der Waals surface area contributed by atoms with Crippen LogP contribution in [-0.4, -0.2) is 27.9 Å². The van der Waals surface area contributed by atoms with Crippen LogP contribution in [0.25, 0.3) is 11.1 Å². The fourth-order valence-electron chi connectivity index (χ4n) is 2.75. The minimum absolute atomic E-state index is 0.147. The molecule has 140 valence electrons.